The average molecular weight is 233 g/mol. The van der Waals surface area contributed by atoms with Gasteiger partial charge >= 0.3 is 0 Å². The number of hydrogen-bond donors (Lipinski definition) is 1. The van der Waals surface area contributed by atoms with Gasteiger partial charge in [-0.05, 0) is 24.8 Å². The van der Waals surface area contributed by atoms with Gasteiger partial charge in [-0.3, -0.25) is 0 Å². The summed E-state index contributed by atoms with van der Waals surface area (Å²) in [4.78, 5) is 0. The zero-order valence-corrected chi connectivity index (χ0v) is 10.7. The van der Waals surface area contributed by atoms with Crippen LogP contribution in [-0.4, -0.2) is 7.11 Å². The highest BCUT2D eigenvalue weighted by Gasteiger charge is 2.22. The van der Waals surface area contributed by atoms with E-state index in [0.29, 0.717) is 5.92 Å². The molecule has 1 aliphatic rings. The lowest BCUT2D eigenvalue weighted by atomic mass is 9.87. The minimum absolute atomic E-state index is 0.129. The molecule has 0 amide bonds. The Balaban J connectivity index is 2.14. The van der Waals surface area contributed by atoms with Crippen LogP contribution in [0.15, 0.2) is 24.3 Å². The van der Waals surface area contributed by atoms with Crippen LogP contribution >= 0.6 is 0 Å². The number of hydrogen-bond acceptors (Lipinski definition) is 2. The Hall–Kier alpha value is -1.02. The fraction of sp³-hybridized carbons (Fsp3) is 0.600. The SMILES string of the molecule is COc1ccccc1C(N)C1CCCCCC1. The molecule has 1 aliphatic carbocycles. The topological polar surface area (TPSA) is 35.2 Å². The van der Waals surface area contributed by atoms with Gasteiger partial charge in [-0.1, -0.05) is 43.9 Å². The monoisotopic (exact) mass is 233 g/mol. The van der Waals surface area contributed by atoms with Gasteiger partial charge in [0.15, 0.2) is 0 Å². The summed E-state index contributed by atoms with van der Waals surface area (Å²) < 4.78 is 5.41. The van der Waals surface area contributed by atoms with Crippen molar-refractivity contribution in [3.8, 4) is 5.75 Å². The summed E-state index contributed by atoms with van der Waals surface area (Å²) in [5.41, 5.74) is 7.60. The van der Waals surface area contributed by atoms with E-state index in [4.69, 9.17) is 10.5 Å². The smallest absolute Gasteiger partial charge is 0.123 e. The van der Waals surface area contributed by atoms with E-state index in [9.17, 15) is 0 Å². The predicted octanol–water partition coefficient (Wildman–Crippen LogP) is 3.67. The maximum Gasteiger partial charge on any atom is 0.123 e. The normalized spacial score (nSPS) is 19.6. The third kappa shape index (κ3) is 3.01. The van der Waals surface area contributed by atoms with Crippen LogP contribution in [0.25, 0.3) is 0 Å². The molecule has 0 aromatic heterocycles. The minimum atomic E-state index is 0.129. The highest BCUT2D eigenvalue weighted by molar-refractivity contribution is 5.36. The Bertz CT molecular complexity index is 343. The molecule has 1 atom stereocenters. The summed E-state index contributed by atoms with van der Waals surface area (Å²) in [6.45, 7) is 0. The molecule has 1 saturated carbocycles. The van der Waals surface area contributed by atoms with Gasteiger partial charge in [0, 0.05) is 11.6 Å². The Labute approximate surface area is 104 Å². The first-order valence-corrected chi connectivity index (χ1v) is 6.71. The summed E-state index contributed by atoms with van der Waals surface area (Å²) in [6.07, 6.45) is 7.92. The Morgan fingerprint density at radius 2 is 1.76 bits per heavy atom. The predicted molar refractivity (Wildman–Crippen MR) is 71.1 cm³/mol. The van der Waals surface area contributed by atoms with Crippen molar-refractivity contribution in [2.24, 2.45) is 11.7 Å². The van der Waals surface area contributed by atoms with E-state index in [1.165, 1.54) is 44.1 Å². The van der Waals surface area contributed by atoms with Crippen LogP contribution in [-0.2, 0) is 0 Å². The van der Waals surface area contributed by atoms with Gasteiger partial charge in [0.25, 0.3) is 0 Å². The molecule has 2 rings (SSSR count). The molecule has 94 valence electrons. The van der Waals surface area contributed by atoms with Gasteiger partial charge < -0.3 is 10.5 Å². The molecule has 17 heavy (non-hydrogen) atoms. The fourth-order valence-corrected chi connectivity index (χ4v) is 2.87. The van der Waals surface area contributed by atoms with Crippen LogP contribution in [0.3, 0.4) is 0 Å². The molecular formula is C15H23NO. The van der Waals surface area contributed by atoms with Crippen molar-refractivity contribution in [2.75, 3.05) is 7.11 Å². The van der Waals surface area contributed by atoms with Gasteiger partial charge in [0.2, 0.25) is 0 Å². The first-order chi connectivity index (χ1) is 8.33. The van der Waals surface area contributed by atoms with E-state index in [1.54, 1.807) is 7.11 Å². The van der Waals surface area contributed by atoms with Gasteiger partial charge in [-0.25, -0.2) is 0 Å². The third-order valence-electron chi connectivity index (χ3n) is 3.91. The zero-order valence-electron chi connectivity index (χ0n) is 10.7. The highest BCUT2D eigenvalue weighted by atomic mass is 16.5. The van der Waals surface area contributed by atoms with E-state index in [-0.39, 0.29) is 6.04 Å². The van der Waals surface area contributed by atoms with Crippen LogP contribution in [0, 0.1) is 5.92 Å². The quantitative estimate of drug-likeness (QED) is 0.808. The molecule has 2 nitrogen and oxygen atoms in total. The molecule has 0 radical (unpaired) electrons. The lowest BCUT2D eigenvalue weighted by Crippen LogP contribution is -2.21. The molecule has 0 spiro atoms. The van der Waals surface area contributed by atoms with Crippen molar-refractivity contribution >= 4 is 0 Å². The Morgan fingerprint density at radius 1 is 1.12 bits per heavy atom. The second-order valence-corrected chi connectivity index (χ2v) is 5.02. The largest absolute Gasteiger partial charge is 0.496 e. The molecule has 0 saturated heterocycles. The Kier molecular flexibility index (Phi) is 4.43. The summed E-state index contributed by atoms with van der Waals surface area (Å²) >= 11 is 0. The molecule has 0 aliphatic heterocycles. The van der Waals surface area contributed by atoms with Crippen LogP contribution < -0.4 is 10.5 Å². The van der Waals surface area contributed by atoms with Gasteiger partial charge in [-0.2, -0.15) is 0 Å². The van der Waals surface area contributed by atoms with Crippen molar-refractivity contribution < 1.29 is 4.74 Å². The Morgan fingerprint density at radius 3 is 2.41 bits per heavy atom. The minimum Gasteiger partial charge on any atom is -0.496 e. The average Bonchev–Trinajstić information content (AvgIpc) is 2.66. The van der Waals surface area contributed by atoms with Gasteiger partial charge in [-0.15, -0.1) is 0 Å². The lowest BCUT2D eigenvalue weighted by Gasteiger charge is -2.24. The number of benzene rings is 1. The standard InChI is InChI=1S/C15H23NO/c1-17-14-11-7-6-10-13(14)15(16)12-8-4-2-3-5-9-12/h6-7,10-12,15H,2-5,8-9,16H2,1H3. The first kappa shape index (κ1) is 12.4. The van der Waals surface area contributed by atoms with E-state index in [1.807, 2.05) is 12.1 Å². The zero-order chi connectivity index (χ0) is 12.1. The van der Waals surface area contributed by atoms with Crippen LogP contribution in [0.1, 0.15) is 50.1 Å². The molecule has 0 bridgehead atoms. The third-order valence-corrected chi connectivity index (χ3v) is 3.91. The molecule has 1 fully saturated rings. The van der Waals surface area contributed by atoms with Gasteiger partial charge in [0.1, 0.15) is 5.75 Å². The first-order valence-electron chi connectivity index (χ1n) is 6.71. The maximum atomic E-state index is 6.44. The maximum absolute atomic E-state index is 6.44. The number of para-hydroxylation sites is 1. The molecule has 0 heterocycles. The molecular weight excluding hydrogens is 210 g/mol. The molecule has 1 aromatic rings. The van der Waals surface area contributed by atoms with Crippen LogP contribution in [0.4, 0.5) is 0 Å². The number of ether oxygens (including phenoxy) is 1. The molecule has 1 aromatic carbocycles. The van der Waals surface area contributed by atoms with Crippen molar-refractivity contribution in [2.45, 2.75) is 44.6 Å². The van der Waals surface area contributed by atoms with Crippen molar-refractivity contribution in [3.05, 3.63) is 29.8 Å². The van der Waals surface area contributed by atoms with E-state index < -0.39 is 0 Å². The fourth-order valence-electron chi connectivity index (χ4n) is 2.87. The summed E-state index contributed by atoms with van der Waals surface area (Å²) in [5, 5.41) is 0. The highest BCUT2D eigenvalue weighted by Crippen LogP contribution is 2.35. The summed E-state index contributed by atoms with van der Waals surface area (Å²) in [7, 11) is 1.72. The van der Waals surface area contributed by atoms with Crippen molar-refractivity contribution in [1.29, 1.82) is 0 Å². The van der Waals surface area contributed by atoms with E-state index >= 15 is 0 Å². The lowest BCUT2D eigenvalue weighted by molar-refractivity contribution is 0.359. The molecule has 1 unspecified atom stereocenters. The number of rotatable bonds is 3. The van der Waals surface area contributed by atoms with Gasteiger partial charge in [0.05, 0.1) is 7.11 Å². The van der Waals surface area contributed by atoms with Crippen molar-refractivity contribution in [1.82, 2.24) is 0 Å². The van der Waals surface area contributed by atoms with Crippen LogP contribution in [0.5, 0.6) is 5.75 Å². The van der Waals surface area contributed by atoms with Crippen molar-refractivity contribution in [3.63, 3.8) is 0 Å². The molecule has 2 heteroatoms. The molecule has 2 N–H and O–H groups in total. The summed E-state index contributed by atoms with van der Waals surface area (Å²) in [5.74, 6) is 1.55. The second kappa shape index (κ2) is 6.06. The second-order valence-electron chi connectivity index (χ2n) is 5.02. The van der Waals surface area contributed by atoms with E-state index in [2.05, 4.69) is 12.1 Å². The number of nitrogens with two attached hydrogens (primary N) is 1. The number of methoxy groups -OCH3 is 1. The summed E-state index contributed by atoms with van der Waals surface area (Å²) in [6, 6.07) is 8.29. The van der Waals surface area contributed by atoms with Crippen LogP contribution in [0.2, 0.25) is 0 Å². The van der Waals surface area contributed by atoms with E-state index in [0.717, 1.165) is 5.75 Å².